The Morgan fingerprint density at radius 3 is 2.31 bits per heavy atom. The van der Waals surface area contributed by atoms with Crippen LogP contribution in [0.2, 0.25) is 0 Å². The quantitative estimate of drug-likeness (QED) is 0.726. The third kappa shape index (κ3) is 3.05. The first-order valence-electron chi connectivity index (χ1n) is 6.77. The lowest BCUT2D eigenvalue weighted by Gasteiger charge is -2.40. The summed E-state index contributed by atoms with van der Waals surface area (Å²) in [6.07, 6.45) is 5.11. The van der Waals surface area contributed by atoms with Gasteiger partial charge in [-0.25, -0.2) is 0 Å². The summed E-state index contributed by atoms with van der Waals surface area (Å²) in [7, 11) is 0. The van der Waals surface area contributed by atoms with E-state index >= 15 is 0 Å². The molecule has 1 saturated heterocycles. The Kier molecular flexibility index (Phi) is 4.36. The lowest BCUT2D eigenvalue weighted by molar-refractivity contribution is -0.121. The molecule has 0 amide bonds. The first-order valence-corrected chi connectivity index (χ1v) is 6.77. The van der Waals surface area contributed by atoms with Crippen LogP contribution in [0.1, 0.15) is 39.0 Å². The smallest absolute Gasteiger partial charge is 0.133 e. The molecule has 2 aliphatic rings. The molecule has 0 aromatic rings. The molecule has 2 rings (SSSR count). The van der Waals surface area contributed by atoms with Gasteiger partial charge in [-0.2, -0.15) is 0 Å². The van der Waals surface area contributed by atoms with Crippen LogP contribution in [-0.2, 0) is 4.79 Å². The number of rotatable bonds is 3. The van der Waals surface area contributed by atoms with E-state index in [2.05, 4.69) is 16.7 Å². The maximum atomic E-state index is 11.2. The number of carbonyl (C=O) groups is 1. The minimum Gasteiger partial charge on any atom is -0.301 e. The summed E-state index contributed by atoms with van der Waals surface area (Å²) < 4.78 is 0. The highest BCUT2D eigenvalue weighted by atomic mass is 16.1. The van der Waals surface area contributed by atoms with Gasteiger partial charge in [0.05, 0.1) is 0 Å². The van der Waals surface area contributed by atoms with Crippen LogP contribution in [0.3, 0.4) is 0 Å². The van der Waals surface area contributed by atoms with Crippen molar-refractivity contribution in [3.05, 3.63) is 0 Å². The van der Waals surface area contributed by atoms with Gasteiger partial charge in [-0.3, -0.25) is 9.69 Å². The summed E-state index contributed by atoms with van der Waals surface area (Å²) in [6, 6.07) is 0.696. The van der Waals surface area contributed by atoms with E-state index in [1.54, 1.807) is 0 Å². The highest BCUT2D eigenvalue weighted by molar-refractivity contribution is 5.79. The molecule has 0 aromatic heterocycles. The molecule has 0 atom stereocenters. The van der Waals surface area contributed by atoms with Gasteiger partial charge in [-0.05, 0) is 25.8 Å². The molecule has 0 aromatic carbocycles. The van der Waals surface area contributed by atoms with Crippen LogP contribution in [0.25, 0.3) is 0 Å². The van der Waals surface area contributed by atoms with E-state index in [4.69, 9.17) is 0 Å². The SMILES string of the molecule is CCCN1CCN(C2CCC(=O)CC2)CC1. The van der Waals surface area contributed by atoms with Crippen LogP contribution < -0.4 is 0 Å². The zero-order chi connectivity index (χ0) is 11.4. The van der Waals surface area contributed by atoms with Gasteiger partial charge in [-0.15, -0.1) is 0 Å². The van der Waals surface area contributed by atoms with Crippen LogP contribution >= 0.6 is 0 Å². The average molecular weight is 224 g/mol. The highest BCUT2D eigenvalue weighted by Crippen LogP contribution is 2.21. The van der Waals surface area contributed by atoms with Crippen molar-refractivity contribution in [2.45, 2.75) is 45.1 Å². The van der Waals surface area contributed by atoms with E-state index in [1.165, 1.54) is 39.1 Å². The molecule has 0 bridgehead atoms. The van der Waals surface area contributed by atoms with E-state index < -0.39 is 0 Å². The monoisotopic (exact) mass is 224 g/mol. The van der Waals surface area contributed by atoms with Crippen molar-refractivity contribution in [2.75, 3.05) is 32.7 Å². The highest BCUT2D eigenvalue weighted by Gasteiger charge is 2.26. The first kappa shape index (κ1) is 12.1. The molecule has 0 N–H and O–H groups in total. The summed E-state index contributed by atoms with van der Waals surface area (Å²) in [6.45, 7) is 8.35. The molecule has 1 aliphatic heterocycles. The van der Waals surface area contributed by atoms with Crippen molar-refractivity contribution < 1.29 is 4.79 Å². The first-order chi connectivity index (χ1) is 7.79. The Bertz CT molecular complexity index is 224. The van der Waals surface area contributed by atoms with Crippen molar-refractivity contribution in [2.24, 2.45) is 0 Å². The number of piperazine rings is 1. The molecule has 16 heavy (non-hydrogen) atoms. The number of Topliss-reactive ketones (excluding diaryl/α,β-unsaturated/α-hetero) is 1. The molecular weight excluding hydrogens is 200 g/mol. The lowest BCUT2D eigenvalue weighted by atomic mass is 9.93. The van der Waals surface area contributed by atoms with Gasteiger partial charge in [0, 0.05) is 45.1 Å². The molecule has 2 fully saturated rings. The Morgan fingerprint density at radius 1 is 1.12 bits per heavy atom. The Hall–Kier alpha value is -0.410. The number of ketones is 1. The summed E-state index contributed by atoms with van der Waals surface area (Å²) in [5.74, 6) is 0.473. The van der Waals surface area contributed by atoms with Crippen molar-refractivity contribution in [3.63, 3.8) is 0 Å². The topological polar surface area (TPSA) is 23.6 Å². The normalized spacial score (nSPS) is 26.2. The van der Waals surface area contributed by atoms with Crippen LogP contribution in [0, 0.1) is 0 Å². The fourth-order valence-electron chi connectivity index (χ4n) is 2.96. The third-order valence-corrected chi connectivity index (χ3v) is 3.98. The number of nitrogens with zero attached hydrogens (tertiary/aromatic N) is 2. The molecule has 0 unspecified atom stereocenters. The third-order valence-electron chi connectivity index (χ3n) is 3.98. The molecule has 1 saturated carbocycles. The summed E-state index contributed by atoms with van der Waals surface area (Å²) in [4.78, 5) is 16.4. The molecule has 1 heterocycles. The lowest BCUT2D eigenvalue weighted by Crippen LogP contribution is -2.51. The van der Waals surface area contributed by atoms with Gasteiger partial charge in [-0.1, -0.05) is 6.92 Å². The molecule has 0 radical (unpaired) electrons. The van der Waals surface area contributed by atoms with Crippen molar-refractivity contribution in [1.29, 1.82) is 0 Å². The minimum absolute atomic E-state index is 0.473. The van der Waals surface area contributed by atoms with E-state index in [0.29, 0.717) is 11.8 Å². The number of hydrogen-bond donors (Lipinski definition) is 0. The zero-order valence-electron chi connectivity index (χ0n) is 10.5. The summed E-state index contributed by atoms with van der Waals surface area (Å²) in [5.41, 5.74) is 0. The van der Waals surface area contributed by atoms with Crippen molar-refractivity contribution >= 4 is 5.78 Å². The van der Waals surface area contributed by atoms with Crippen LogP contribution in [0.15, 0.2) is 0 Å². The molecular formula is C13H24N2O. The van der Waals surface area contributed by atoms with E-state index in [-0.39, 0.29) is 0 Å². The van der Waals surface area contributed by atoms with Crippen LogP contribution in [0.4, 0.5) is 0 Å². The molecule has 3 heteroatoms. The van der Waals surface area contributed by atoms with E-state index in [9.17, 15) is 4.79 Å². The van der Waals surface area contributed by atoms with Gasteiger partial charge in [0.1, 0.15) is 5.78 Å². The number of hydrogen-bond acceptors (Lipinski definition) is 3. The van der Waals surface area contributed by atoms with Gasteiger partial charge in [0.25, 0.3) is 0 Å². The van der Waals surface area contributed by atoms with Gasteiger partial charge in [0.15, 0.2) is 0 Å². The predicted octanol–water partition coefficient (Wildman–Crippen LogP) is 1.53. The minimum atomic E-state index is 0.473. The molecule has 0 spiro atoms. The fraction of sp³-hybridized carbons (Fsp3) is 0.923. The largest absolute Gasteiger partial charge is 0.301 e. The summed E-state index contributed by atoms with van der Waals surface area (Å²) in [5, 5.41) is 0. The number of carbonyl (C=O) groups excluding carboxylic acids is 1. The van der Waals surface area contributed by atoms with Gasteiger partial charge < -0.3 is 4.90 Å². The van der Waals surface area contributed by atoms with Gasteiger partial charge in [0.2, 0.25) is 0 Å². The maximum absolute atomic E-state index is 11.2. The maximum Gasteiger partial charge on any atom is 0.133 e. The standard InChI is InChI=1S/C13H24N2O/c1-2-7-14-8-10-15(11-9-14)12-3-5-13(16)6-4-12/h12H,2-11H2,1H3. The van der Waals surface area contributed by atoms with E-state index in [1.807, 2.05) is 0 Å². The molecule has 1 aliphatic carbocycles. The second-order valence-electron chi connectivity index (χ2n) is 5.15. The average Bonchev–Trinajstić information content (AvgIpc) is 2.32. The summed E-state index contributed by atoms with van der Waals surface area (Å²) >= 11 is 0. The second-order valence-corrected chi connectivity index (χ2v) is 5.15. The fourth-order valence-corrected chi connectivity index (χ4v) is 2.96. The van der Waals surface area contributed by atoms with Crippen molar-refractivity contribution in [1.82, 2.24) is 9.80 Å². The Labute approximate surface area is 98.8 Å². The van der Waals surface area contributed by atoms with E-state index in [0.717, 1.165) is 25.7 Å². The Morgan fingerprint density at radius 2 is 1.75 bits per heavy atom. The predicted molar refractivity (Wildman–Crippen MR) is 65.6 cm³/mol. The van der Waals surface area contributed by atoms with Crippen molar-refractivity contribution in [3.8, 4) is 0 Å². The van der Waals surface area contributed by atoms with Crippen LogP contribution in [0.5, 0.6) is 0 Å². The van der Waals surface area contributed by atoms with Gasteiger partial charge >= 0.3 is 0 Å². The molecule has 92 valence electrons. The van der Waals surface area contributed by atoms with Crippen LogP contribution in [-0.4, -0.2) is 54.3 Å². The molecule has 3 nitrogen and oxygen atoms in total. The zero-order valence-corrected chi connectivity index (χ0v) is 10.5. The second kappa shape index (κ2) is 5.78. The Balaban J connectivity index is 1.74.